The van der Waals surface area contributed by atoms with E-state index in [-0.39, 0.29) is 106 Å². The van der Waals surface area contributed by atoms with Gasteiger partial charge in [0.15, 0.2) is 23.9 Å². The fourth-order valence-corrected chi connectivity index (χ4v) is 15.2. The molecule has 122 heavy (non-hydrogen) atoms. The maximum atomic E-state index is 15.3. The van der Waals surface area contributed by atoms with E-state index in [4.69, 9.17) is 96.8 Å². The molecule has 0 saturated carbocycles. The summed E-state index contributed by atoms with van der Waals surface area (Å²) in [5, 5.41) is 119. The Labute approximate surface area is 719 Å². The summed E-state index contributed by atoms with van der Waals surface area (Å²) in [6.07, 6.45) is -17.2. The summed E-state index contributed by atoms with van der Waals surface area (Å²) >= 11 is 26.6. The lowest BCUT2D eigenvalue weighted by Crippen LogP contribution is -2.65. The first-order valence-corrected chi connectivity index (χ1v) is 40.3. The first kappa shape index (κ1) is 92.3. The molecule has 7 aromatic carbocycles. The van der Waals surface area contributed by atoms with Crippen LogP contribution in [0.4, 0.5) is 0 Å². The summed E-state index contributed by atoms with van der Waals surface area (Å²) < 4.78 is 45.2. The molecule has 39 heteroatoms. The maximum absolute atomic E-state index is 15.3. The highest BCUT2D eigenvalue weighted by Crippen LogP contribution is 2.49. The van der Waals surface area contributed by atoms with E-state index in [0.29, 0.717) is 15.8 Å². The number of carbonyl (C=O) groups is 8. The predicted molar refractivity (Wildman–Crippen MR) is 442 cm³/mol. The van der Waals surface area contributed by atoms with Gasteiger partial charge in [-0.1, -0.05) is 103 Å². The fraction of sp³-hybridized carbons (Fsp3) is 0.398. The Morgan fingerprint density at radius 1 is 0.664 bits per heavy atom. The molecule has 6 heterocycles. The number of nitrogens with two attached hydrogens (primary N) is 3. The van der Waals surface area contributed by atoms with Crippen LogP contribution in [0.5, 0.6) is 51.7 Å². The number of hydrogen-bond donors (Lipinski definition) is 20. The van der Waals surface area contributed by atoms with Gasteiger partial charge in [-0.25, -0.2) is 0 Å². The lowest BCUT2D eigenvalue weighted by atomic mass is 9.84. The van der Waals surface area contributed by atoms with Crippen molar-refractivity contribution in [3.8, 4) is 62.9 Å². The van der Waals surface area contributed by atoms with Crippen molar-refractivity contribution >= 4 is 93.7 Å². The first-order chi connectivity index (χ1) is 58.0. The van der Waals surface area contributed by atoms with Crippen molar-refractivity contribution < 1.29 is 112 Å². The molecule has 10 unspecified atom stereocenters. The van der Waals surface area contributed by atoms with Crippen LogP contribution in [-0.4, -0.2) is 200 Å². The van der Waals surface area contributed by atoms with Gasteiger partial charge in [-0.15, -0.1) is 0 Å². The molecular weight excluding hydrogens is 1670 g/mol. The second-order valence-electron chi connectivity index (χ2n) is 30.5. The molecule has 8 amide bonds. The van der Waals surface area contributed by atoms with Gasteiger partial charge in [-0.05, 0) is 152 Å². The molecule has 13 rings (SSSR count). The molecule has 2 saturated heterocycles. The number of ether oxygens (including phenoxy) is 7. The number of carbonyl (C=O) groups excluding carboxylic acids is 8. The van der Waals surface area contributed by atoms with E-state index in [0.717, 1.165) is 54.4 Å². The number of fused-ring (bicyclic) bond motifs is 6. The van der Waals surface area contributed by atoms with E-state index >= 15 is 9.59 Å². The maximum Gasteiger partial charge on any atom is 0.247 e. The zero-order valence-corrected chi connectivity index (χ0v) is 69.6. The molecule has 0 radical (unpaired) electrons. The molecule has 2 fully saturated rings. The number of primary amides is 1. The lowest BCUT2D eigenvalue weighted by Gasteiger charge is -2.48. The Morgan fingerprint density at radius 3 is 1.94 bits per heavy atom. The van der Waals surface area contributed by atoms with Crippen LogP contribution in [0.25, 0.3) is 11.1 Å². The zero-order chi connectivity index (χ0) is 88.5. The van der Waals surface area contributed by atoms with Gasteiger partial charge in [0, 0.05) is 55.3 Å². The minimum absolute atomic E-state index is 0.107. The first-order valence-electron chi connectivity index (χ1n) is 38.8. The average Bonchev–Trinajstić information content (AvgIpc) is 0.759. The van der Waals surface area contributed by atoms with Gasteiger partial charge < -0.3 is 139 Å². The highest BCUT2D eigenvalue weighted by Gasteiger charge is 2.52. The number of phenols is 3. The van der Waals surface area contributed by atoms with Crippen LogP contribution in [0.2, 0.25) is 20.1 Å². The number of amides is 8. The van der Waals surface area contributed by atoms with Crippen LogP contribution in [0.3, 0.4) is 0 Å². The molecule has 7 aromatic rings. The number of aliphatic hydroxyl groups is 5. The normalized spacial score (nSPS) is 26.2. The second kappa shape index (κ2) is 40.3. The Morgan fingerprint density at radius 2 is 1.32 bits per heavy atom. The minimum atomic E-state index is -2.25. The van der Waals surface area contributed by atoms with E-state index in [1.54, 1.807) is 44.2 Å². The summed E-state index contributed by atoms with van der Waals surface area (Å²) in [5.41, 5.74) is 16.3. The summed E-state index contributed by atoms with van der Waals surface area (Å²) in [4.78, 5) is 116. The highest BCUT2D eigenvalue weighted by atomic mass is 35.5. The molecule has 654 valence electrons. The van der Waals surface area contributed by atoms with E-state index in [2.05, 4.69) is 47.9 Å². The second-order valence-corrected chi connectivity index (χ2v) is 32.1. The Kier molecular flexibility index (Phi) is 30.5. The Bertz CT molecular complexity index is 5020. The third kappa shape index (κ3) is 21.8. The van der Waals surface area contributed by atoms with Crippen molar-refractivity contribution in [3.05, 3.63) is 181 Å². The number of likely N-dealkylation sites (N-methyl/N-ethyl adjacent to an activating group) is 1. The van der Waals surface area contributed by atoms with Gasteiger partial charge in [-0.2, -0.15) is 0 Å². The zero-order valence-electron chi connectivity index (χ0n) is 66.6. The number of para-hydroxylation sites is 1. The van der Waals surface area contributed by atoms with Gasteiger partial charge >= 0.3 is 0 Å². The Hall–Kier alpha value is -10.4. The molecule has 10 bridgehead atoms. The largest absolute Gasteiger partial charge is 0.508 e. The number of nitrogens with one attached hydrogen (secondary N) is 9. The lowest BCUT2D eigenvalue weighted by molar-refractivity contribution is -0.331. The number of aromatic hydroxyl groups is 3. The minimum Gasteiger partial charge on any atom is -0.508 e. The van der Waals surface area contributed by atoms with Gasteiger partial charge in [0.2, 0.25) is 59.3 Å². The van der Waals surface area contributed by atoms with E-state index in [1.165, 1.54) is 55.6 Å². The summed E-state index contributed by atoms with van der Waals surface area (Å²) in [6, 6.07) is 15.9. The molecule has 23 N–H and O–H groups in total. The van der Waals surface area contributed by atoms with Crippen LogP contribution in [0.15, 0.2) is 127 Å². The number of rotatable bonds is 21. The van der Waals surface area contributed by atoms with Crippen LogP contribution in [-0.2, 0) is 65.7 Å². The number of aliphatic hydroxyl groups excluding tert-OH is 5. The van der Waals surface area contributed by atoms with Crippen molar-refractivity contribution in [2.75, 3.05) is 26.7 Å². The molecule has 6 aliphatic rings. The monoisotopic (exact) mass is 1770 g/mol. The highest BCUT2D eigenvalue weighted by molar-refractivity contribution is 6.42. The van der Waals surface area contributed by atoms with Gasteiger partial charge in [0.1, 0.15) is 108 Å². The van der Waals surface area contributed by atoms with Gasteiger partial charge in [0.25, 0.3) is 0 Å². The topological polar surface area (TPSA) is 549 Å². The quantitative estimate of drug-likeness (QED) is 0.0481. The predicted octanol–water partition coefficient (Wildman–Crippen LogP) is 4.11. The molecule has 0 aliphatic carbocycles. The standard InChI is InChI=1S/C83H96Cl4N12O23/c1-36(2)24-52(91-6)76(110)98-66-68(104)42-14-20-56(50(86)27-42)118-58-8-7-9-59(72(58)122-82-73(71(107)70(106)60(33-89)120-82)121-62-32-83(5,74(108)38(4)117-62)93-34-39-10-16-45(17-11-39)116-35-40-12-18-48(84)49(85)25-40)119-57-21-15-43(28-51(57)87)69(105)67-81(115)97-65(78(112)92-23-22-88)47-29-44(100)30-55(102)63(47)46-26-41(13-19-54(46)101)64(79(113)99-67)96-75(109)37(3)94-77(111)53(31-61(90)103)95-80(66)114/h7-21,25-30,36-38,52-53,60,62,64-71,73-74,82,91,93,100-102,104-108H,22-24,31-35,88-89H2,1-6H3,(H2,90,103)(H,92,112)(H,94,111)(H,95,114)(H,96,109)(H,97,115)(H,98,110)(H,99,113)/t37-,38?,52-,53+,60?,62?,64?,65+,66-,67-,68-,69-,70?,71?,73?,74?,82?,83?/m1/s1. The smallest absolute Gasteiger partial charge is 0.247 e. The molecular formula is C83H96Cl4N12O23. The Balaban J connectivity index is 1.00. The fourth-order valence-electron chi connectivity index (χ4n) is 14.4. The van der Waals surface area contributed by atoms with Crippen molar-refractivity contribution in [1.29, 1.82) is 0 Å². The number of halogens is 4. The average molecular weight is 1770 g/mol. The summed E-state index contributed by atoms with van der Waals surface area (Å²) in [5.74, 6) is -12.5. The molecule has 0 aromatic heterocycles. The van der Waals surface area contributed by atoms with E-state index in [9.17, 15) is 69.6 Å². The summed E-state index contributed by atoms with van der Waals surface area (Å²) in [7, 11) is 1.48. The molecule has 18 atom stereocenters. The van der Waals surface area contributed by atoms with Crippen molar-refractivity contribution in [1.82, 2.24) is 47.9 Å². The van der Waals surface area contributed by atoms with Crippen molar-refractivity contribution in [3.63, 3.8) is 0 Å². The van der Waals surface area contributed by atoms with Crippen LogP contribution in [0.1, 0.15) is 112 Å². The third-order valence-electron chi connectivity index (χ3n) is 21.0. The van der Waals surface area contributed by atoms with Gasteiger partial charge in [0.05, 0.1) is 44.8 Å². The van der Waals surface area contributed by atoms with Crippen LogP contribution < -0.4 is 84.0 Å². The molecule has 0 spiro atoms. The number of benzene rings is 7. The number of phenolic OH excluding ortho intramolecular Hbond substituents is 3. The summed E-state index contributed by atoms with van der Waals surface area (Å²) in [6.45, 7) is 7.79. The molecule has 6 aliphatic heterocycles. The SMILES string of the molecule is CN[C@H](CC(C)C)C(=O)N[C@H]1C(=O)N[C@@H](CC(N)=O)C(=O)N[C@H](C)C(=O)NC2C(=O)N[C@@H](C(=O)N[C@H](C(=O)NCCN)c3cc(O)cc(O)c3-c3cc2ccc3O)[C@H](O)c2ccc(c(Cl)c2)Oc2cccc(c2OC2OC(CN)C(O)C(O)C2OC2CC(C)(NCc3ccc(OCc4ccc(Cl)c(Cl)c4)cc3)C(O)C(C)O2)Oc2ccc(cc2Cl)[C@H]1O. The van der Waals surface area contributed by atoms with E-state index in [1.807, 2.05) is 26.0 Å². The number of hydrogen-bond acceptors (Lipinski definition) is 27. The van der Waals surface area contributed by atoms with Crippen molar-refractivity contribution in [2.24, 2.45) is 23.1 Å². The van der Waals surface area contributed by atoms with Crippen molar-refractivity contribution in [2.45, 2.75) is 176 Å². The molecule has 35 nitrogen and oxygen atoms in total. The van der Waals surface area contributed by atoms with Gasteiger partial charge in [-0.3, -0.25) is 38.4 Å². The van der Waals surface area contributed by atoms with Crippen LogP contribution in [0, 0.1) is 5.92 Å². The van der Waals surface area contributed by atoms with Crippen LogP contribution >= 0.6 is 46.4 Å². The third-order valence-corrected chi connectivity index (χ3v) is 22.4. The van der Waals surface area contributed by atoms with E-state index < -0.39 is 198 Å².